The minimum absolute atomic E-state index is 0.0175. The molecule has 1 saturated heterocycles. The van der Waals surface area contributed by atoms with E-state index in [0.29, 0.717) is 35.9 Å². The molecule has 1 amide bonds. The zero-order chi connectivity index (χ0) is 24.2. The van der Waals surface area contributed by atoms with Gasteiger partial charge in [-0.15, -0.1) is 0 Å². The van der Waals surface area contributed by atoms with Crippen LogP contribution in [-0.2, 0) is 0 Å². The number of oxazole rings is 1. The maximum atomic E-state index is 13.5. The first kappa shape index (κ1) is 22.5. The average molecular weight is 470 g/mol. The van der Waals surface area contributed by atoms with E-state index in [9.17, 15) is 4.79 Å². The molecule has 0 N–H and O–H groups in total. The fourth-order valence-electron chi connectivity index (χ4n) is 4.30. The van der Waals surface area contributed by atoms with Gasteiger partial charge in [-0.05, 0) is 48.5 Å². The highest BCUT2D eigenvalue weighted by Gasteiger charge is 2.25. The molecule has 0 atom stereocenters. The molecule has 0 radical (unpaired) electrons. The second kappa shape index (κ2) is 9.93. The smallest absolute Gasteiger partial charge is 0.254 e. The van der Waals surface area contributed by atoms with Crippen LogP contribution < -0.4 is 14.4 Å². The quantitative estimate of drug-likeness (QED) is 0.396. The number of nitrogens with zero attached hydrogens (tertiary/aromatic N) is 3. The number of amides is 1. The van der Waals surface area contributed by atoms with Crippen LogP contribution in [0.2, 0.25) is 0 Å². The van der Waals surface area contributed by atoms with Gasteiger partial charge < -0.3 is 23.7 Å². The second-order valence-electron chi connectivity index (χ2n) is 8.28. The number of benzene rings is 3. The lowest BCUT2D eigenvalue weighted by atomic mass is 10.1. The Bertz CT molecular complexity index is 1310. The Morgan fingerprint density at radius 2 is 1.60 bits per heavy atom. The van der Waals surface area contributed by atoms with Crippen LogP contribution in [0.25, 0.3) is 22.8 Å². The summed E-state index contributed by atoms with van der Waals surface area (Å²) in [5, 5.41) is 0. The molecule has 1 fully saturated rings. The lowest BCUT2D eigenvalue weighted by Crippen LogP contribution is -2.48. The van der Waals surface area contributed by atoms with E-state index < -0.39 is 0 Å². The maximum Gasteiger partial charge on any atom is 0.254 e. The van der Waals surface area contributed by atoms with Crippen LogP contribution in [-0.4, -0.2) is 56.2 Å². The third-order valence-corrected chi connectivity index (χ3v) is 6.25. The number of carbonyl (C=O) groups is 1. The Morgan fingerprint density at radius 3 is 2.34 bits per heavy atom. The summed E-state index contributed by atoms with van der Waals surface area (Å²) < 4.78 is 16.6. The number of piperazine rings is 1. The molecule has 1 aromatic heterocycles. The van der Waals surface area contributed by atoms with E-state index in [1.807, 2.05) is 77.7 Å². The average Bonchev–Trinajstić information content (AvgIpc) is 3.43. The number of rotatable bonds is 6. The van der Waals surface area contributed by atoms with Crippen molar-refractivity contribution in [3.05, 3.63) is 84.6 Å². The lowest BCUT2D eigenvalue weighted by molar-refractivity contribution is 0.0747. The summed E-state index contributed by atoms with van der Waals surface area (Å²) in [6, 6.07) is 23.1. The van der Waals surface area contributed by atoms with Gasteiger partial charge in [0.15, 0.2) is 5.76 Å². The minimum Gasteiger partial charge on any atom is -0.497 e. The van der Waals surface area contributed by atoms with Crippen LogP contribution in [0.5, 0.6) is 11.5 Å². The van der Waals surface area contributed by atoms with Crippen molar-refractivity contribution in [1.82, 2.24) is 9.88 Å². The summed E-state index contributed by atoms with van der Waals surface area (Å²) in [4.78, 5) is 22.1. The number of methoxy groups -OCH3 is 2. The van der Waals surface area contributed by atoms with Gasteiger partial charge >= 0.3 is 0 Å². The summed E-state index contributed by atoms with van der Waals surface area (Å²) in [7, 11) is 3.29. The van der Waals surface area contributed by atoms with Crippen LogP contribution in [0, 0.1) is 0 Å². The van der Waals surface area contributed by atoms with E-state index >= 15 is 0 Å². The van der Waals surface area contributed by atoms with Crippen molar-refractivity contribution < 1.29 is 18.7 Å². The lowest BCUT2D eigenvalue weighted by Gasteiger charge is -2.36. The van der Waals surface area contributed by atoms with Crippen molar-refractivity contribution in [2.45, 2.75) is 0 Å². The predicted octanol–water partition coefficient (Wildman–Crippen LogP) is 4.99. The van der Waals surface area contributed by atoms with Crippen LogP contribution in [0.15, 0.2) is 83.4 Å². The first-order valence-electron chi connectivity index (χ1n) is 11.5. The molecule has 35 heavy (non-hydrogen) atoms. The van der Waals surface area contributed by atoms with Crippen molar-refractivity contribution in [3.8, 4) is 34.3 Å². The normalized spacial score (nSPS) is 13.5. The van der Waals surface area contributed by atoms with Crippen molar-refractivity contribution in [2.24, 2.45) is 0 Å². The summed E-state index contributed by atoms with van der Waals surface area (Å²) >= 11 is 0. The Kier molecular flexibility index (Phi) is 6.39. The van der Waals surface area contributed by atoms with Crippen molar-refractivity contribution in [1.29, 1.82) is 0 Å². The van der Waals surface area contributed by atoms with Crippen molar-refractivity contribution in [2.75, 3.05) is 45.3 Å². The summed E-state index contributed by atoms with van der Waals surface area (Å²) in [6.45, 7) is 2.80. The zero-order valence-corrected chi connectivity index (χ0v) is 19.8. The molecule has 2 heterocycles. The number of hydrogen-bond donors (Lipinski definition) is 0. The fourth-order valence-corrected chi connectivity index (χ4v) is 4.30. The van der Waals surface area contributed by atoms with Gasteiger partial charge in [0.2, 0.25) is 5.89 Å². The molecule has 0 aliphatic carbocycles. The number of carbonyl (C=O) groups excluding carboxylic acids is 1. The summed E-state index contributed by atoms with van der Waals surface area (Å²) in [5.74, 6) is 2.60. The number of aromatic nitrogens is 1. The second-order valence-corrected chi connectivity index (χ2v) is 8.28. The van der Waals surface area contributed by atoms with Gasteiger partial charge in [-0.2, -0.15) is 0 Å². The highest BCUT2D eigenvalue weighted by molar-refractivity contribution is 6.00. The molecule has 7 nitrogen and oxygen atoms in total. The topological polar surface area (TPSA) is 68.0 Å². The van der Waals surface area contributed by atoms with E-state index in [-0.39, 0.29) is 5.91 Å². The van der Waals surface area contributed by atoms with E-state index in [1.165, 1.54) is 0 Å². The molecule has 7 heteroatoms. The van der Waals surface area contributed by atoms with Crippen molar-refractivity contribution in [3.63, 3.8) is 0 Å². The Morgan fingerprint density at radius 1 is 0.857 bits per heavy atom. The molecule has 5 rings (SSSR count). The molecule has 0 bridgehead atoms. The highest BCUT2D eigenvalue weighted by atomic mass is 16.5. The maximum absolute atomic E-state index is 13.5. The van der Waals surface area contributed by atoms with Gasteiger partial charge in [-0.3, -0.25) is 4.79 Å². The third kappa shape index (κ3) is 4.71. The number of hydrogen-bond acceptors (Lipinski definition) is 6. The Hall–Kier alpha value is -4.26. The highest BCUT2D eigenvalue weighted by Crippen LogP contribution is 2.30. The first-order valence-corrected chi connectivity index (χ1v) is 11.5. The Balaban J connectivity index is 1.32. The van der Waals surface area contributed by atoms with Gasteiger partial charge in [-0.1, -0.05) is 24.3 Å². The van der Waals surface area contributed by atoms with Gasteiger partial charge in [0.25, 0.3) is 5.91 Å². The molecule has 0 saturated carbocycles. The SMILES string of the molecule is COc1ccc(N2CCN(C(=O)c3ccccc3-c3ncc(-c4cccc(OC)c4)o3)CC2)cc1. The molecule has 178 valence electrons. The van der Waals surface area contributed by atoms with Crippen LogP contribution in [0.4, 0.5) is 5.69 Å². The molecule has 1 aliphatic rings. The largest absolute Gasteiger partial charge is 0.497 e. The van der Waals surface area contributed by atoms with Crippen LogP contribution in [0.3, 0.4) is 0 Å². The number of anilines is 1. The van der Waals surface area contributed by atoms with Crippen molar-refractivity contribution >= 4 is 11.6 Å². The Labute approximate surface area is 204 Å². The summed E-state index contributed by atoms with van der Waals surface area (Å²) in [5.41, 5.74) is 3.26. The van der Waals surface area contributed by atoms with Gasteiger partial charge in [-0.25, -0.2) is 4.98 Å². The van der Waals surface area contributed by atoms with Crippen LogP contribution in [0.1, 0.15) is 10.4 Å². The molecule has 1 aliphatic heterocycles. The van der Waals surface area contributed by atoms with Gasteiger partial charge in [0, 0.05) is 43.0 Å². The molecule has 4 aromatic rings. The monoisotopic (exact) mass is 469 g/mol. The zero-order valence-electron chi connectivity index (χ0n) is 19.8. The van der Waals surface area contributed by atoms with Gasteiger partial charge in [0.1, 0.15) is 11.5 Å². The van der Waals surface area contributed by atoms with E-state index in [4.69, 9.17) is 13.9 Å². The summed E-state index contributed by atoms with van der Waals surface area (Å²) in [6.07, 6.45) is 1.68. The standard InChI is InChI=1S/C28H27N3O4/c1-33-22-12-10-21(11-13-22)30-14-16-31(17-15-30)28(32)25-9-4-3-8-24(25)27-29-19-26(35-27)20-6-5-7-23(18-20)34-2/h3-13,18-19H,14-17H2,1-2H3. The molecule has 0 unspecified atom stereocenters. The number of ether oxygens (including phenoxy) is 2. The van der Waals surface area contributed by atoms with Crippen LogP contribution >= 0.6 is 0 Å². The van der Waals surface area contributed by atoms with E-state index in [1.54, 1.807) is 20.4 Å². The molecular weight excluding hydrogens is 442 g/mol. The molecule has 0 spiro atoms. The first-order chi connectivity index (χ1) is 17.2. The van der Waals surface area contributed by atoms with E-state index in [0.717, 1.165) is 35.8 Å². The molecular formula is C28H27N3O4. The minimum atomic E-state index is -0.0175. The van der Waals surface area contributed by atoms with E-state index in [2.05, 4.69) is 9.88 Å². The third-order valence-electron chi connectivity index (χ3n) is 6.25. The predicted molar refractivity (Wildman–Crippen MR) is 135 cm³/mol. The fraction of sp³-hybridized carbons (Fsp3) is 0.214. The van der Waals surface area contributed by atoms with Gasteiger partial charge in [0.05, 0.1) is 26.0 Å². The molecule has 3 aromatic carbocycles.